The van der Waals surface area contributed by atoms with E-state index in [1.54, 1.807) is 24.3 Å². The van der Waals surface area contributed by atoms with E-state index >= 15 is 19.2 Å². The molecule has 0 bridgehead atoms. The lowest BCUT2D eigenvalue weighted by molar-refractivity contribution is 0.0501. The number of imide groups is 2. The first-order valence-corrected chi connectivity index (χ1v) is 29.5. The standard InChI is InChI=1S/C68H70N6O4/c1-5-9-13-17-21-25-45(26-22-18-14-10-6-2)73-65(75)51-33-41(37-69)55-47-29-31-49-57-43(39-71)35-53-62-54(68(78)74(67(53)77)46(27-23-19-15-11-7-3)28-24-20-16-12-8-4)36-44(40-72)58(64(57)62)50-32-30-48(59(47)60(49)50)56-42(38-70)34-52(66(73)76)61(51)63(55)56/h29-36,45-46H,5-28H2,1-4H3. The van der Waals surface area contributed by atoms with Crippen LogP contribution >= 0.6 is 0 Å². The molecule has 10 rings (SSSR count). The molecule has 0 fully saturated rings. The fourth-order valence-electron chi connectivity index (χ4n) is 13.9. The topological polar surface area (TPSA) is 170 Å². The molecular formula is C68H70N6O4. The Morgan fingerprint density at radius 3 is 0.769 bits per heavy atom. The Labute approximate surface area is 458 Å². The van der Waals surface area contributed by atoms with Gasteiger partial charge in [0.2, 0.25) is 0 Å². The summed E-state index contributed by atoms with van der Waals surface area (Å²) in [5.74, 6) is -1.67. The van der Waals surface area contributed by atoms with Crippen molar-refractivity contribution in [3.63, 3.8) is 0 Å². The van der Waals surface area contributed by atoms with Crippen molar-refractivity contribution in [2.75, 3.05) is 0 Å². The first-order chi connectivity index (χ1) is 38.1. The molecule has 0 saturated carbocycles. The van der Waals surface area contributed by atoms with Gasteiger partial charge in [0.15, 0.2) is 0 Å². The molecule has 396 valence electrons. The molecule has 8 aromatic carbocycles. The summed E-state index contributed by atoms with van der Waals surface area (Å²) in [6.45, 7) is 8.71. The highest BCUT2D eigenvalue weighted by Crippen LogP contribution is 2.53. The van der Waals surface area contributed by atoms with Crippen molar-refractivity contribution in [2.24, 2.45) is 0 Å². The Morgan fingerprint density at radius 1 is 0.321 bits per heavy atom. The highest BCUT2D eigenvalue weighted by Gasteiger charge is 2.42. The average Bonchev–Trinajstić information content (AvgIpc) is 3.65. The summed E-state index contributed by atoms with van der Waals surface area (Å²) < 4.78 is 0. The average molecular weight is 1040 g/mol. The van der Waals surface area contributed by atoms with E-state index in [0.717, 1.165) is 128 Å². The molecule has 0 radical (unpaired) electrons. The van der Waals surface area contributed by atoms with E-state index < -0.39 is 23.6 Å². The smallest absolute Gasteiger partial charge is 0.261 e. The first-order valence-electron chi connectivity index (χ1n) is 29.5. The lowest BCUT2D eigenvalue weighted by Crippen LogP contribution is -2.47. The van der Waals surface area contributed by atoms with Gasteiger partial charge in [-0.2, -0.15) is 21.0 Å². The van der Waals surface area contributed by atoms with Crippen LogP contribution in [0, 0.1) is 45.3 Å². The molecule has 2 heterocycles. The number of hydrogen-bond donors (Lipinski definition) is 0. The number of carbonyl (C=O) groups excluding carboxylic acids is 4. The molecule has 0 unspecified atom stereocenters. The van der Waals surface area contributed by atoms with Crippen LogP contribution in [0.5, 0.6) is 0 Å². The Morgan fingerprint density at radius 2 is 0.551 bits per heavy atom. The molecule has 10 nitrogen and oxygen atoms in total. The van der Waals surface area contributed by atoms with E-state index in [1.807, 2.05) is 24.3 Å². The predicted octanol–water partition coefficient (Wildman–Crippen LogP) is 17.5. The molecule has 0 aromatic heterocycles. The largest absolute Gasteiger partial charge is 0.271 e. The van der Waals surface area contributed by atoms with Crippen LogP contribution < -0.4 is 0 Å². The van der Waals surface area contributed by atoms with Gasteiger partial charge in [0, 0.05) is 55.2 Å². The highest BCUT2D eigenvalue weighted by molar-refractivity contribution is 6.47. The summed E-state index contributed by atoms with van der Waals surface area (Å²) in [4.78, 5) is 63.4. The van der Waals surface area contributed by atoms with Crippen molar-refractivity contribution in [3.05, 3.63) is 93.0 Å². The van der Waals surface area contributed by atoms with Gasteiger partial charge >= 0.3 is 0 Å². The van der Waals surface area contributed by atoms with Gasteiger partial charge in [-0.25, -0.2) is 0 Å². The van der Waals surface area contributed by atoms with Crippen LogP contribution in [0.1, 0.15) is 245 Å². The molecule has 0 atom stereocenters. The van der Waals surface area contributed by atoms with Crippen molar-refractivity contribution in [1.82, 2.24) is 9.80 Å². The van der Waals surface area contributed by atoms with Crippen molar-refractivity contribution in [1.29, 1.82) is 21.0 Å². The van der Waals surface area contributed by atoms with Crippen molar-refractivity contribution in [3.8, 4) is 24.3 Å². The van der Waals surface area contributed by atoms with Crippen LogP contribution in [-0.4, -0.2) is 45.5 Å². The van der Waals surface area contributed by atoms with E-state index in [2.05, 4.69) is 52.0 Å². The predicted molar refractivity (Wildman–Crippen MR) is 312 cm³/mol. The molecule has 10 heteroatoms. The van der Waals surface area contributed by atoms with Gasteiger partial charge in [-0.3, -0.25) is 29.0 Å². The summed E-state index contributed by atoms with van der Waals surface area (Å²) in [6, 6.07) is 23.2. The van der Waals surface area contributed by atoms with Gasteiger partial charge in [-0.15, -0.1) is 0 Å². The number of nitrogens with zero attached hydrogens (tertiary/aromatic N) is 6. The Bertz CT molecular complexity index is 3390. The van der Waals surface area contributed by atoms with E-state index in [4.69, 9.17) is 0 Å². The van der Waals surface area contributed by atoms with Gasteiger partial charge in [0.1, 0.15) is 0 Å². The number of amides is 4. The second-order valence-electron chi connectivity index (χ2n) is 22.5. The van der Waals surface area contributed by atoms with Crippen LogP contribution in [0.4, 0.5) is 0 Å². The van der Waals surface area contributed by atoms with Gasteiger partial charge in [-0.1, -0.05) is 180 Å². The first kappa shape index (κ1) is 53.7. The maximum absolute atomic E-state index is 15.1. The third kappa shape index (κ3) is 8.93. The van der Waals surface area contributed by atoms with Gasteiger partial charge in [0.25, 0.3) is 23.6 Å². The van der Waals surface area contributed by atoms with E-state index in [-0.39, 0.29) is 56.6 Å². The second-order valence-corrected chi connectivity index (χ2v) is 22.5. The van der Waals surface area contributed by atoms with Gasteiger partial charge < -0.3 is 0 Å². The normalized spacial score (nSPS) is 13.6. The zero-order valence-electron chi connectivity index (χ0n) is 46.1. The minimum absolute atomic E-state index is 0.233. The zero-order chi connectivity index (χ0) is 54.8. The van der Waals surface area contributed by atoms with Crippen LogP contribution in [0.25, 0.3) is 75.4 Å². The minimum Gasteiger partial charge on any atom is -0.271 e. The van der Waals surface area contributed by atoms with Crippen molar-refractivity contribution < 1.29 is 19.2 Å². The van der Waals surface area contributed by atoms with E-state index in [0.29, 0.717) is 101 Å². The lowest BCUT2D eigenvalue weighted by Gasteiger charge is -2.35. The summed E-state index contributed by atoms with van der Waals surface area (Å²) in [5, 5.41) is 52.6. The zero-order valence-corrected chi connectivity index (χ0v) is 46.1. The maximum Gasteiger partial charge on any atom is 0.261 e. The molecular weight excluding hydrogens is 965 g/mol. The summed E-state index contributed by atoms with van der Waals surface area (Å²) >= 11 is 0. The molecule has 8 aromatic rings. The van der Waals surface area contributed by atoms with Crippen LogP contribution in [0.15, 0.2) is 48.5 Å². The fraction of sp³-hybridized carbons (Fsp3) is 0.441. The number of fused-ring (bicyclic) bond motifs is 4. The molecule has 2 aliphatic rings. The molecule has 0 N–H and O–H groups in total. The minimum atomic E-state index is -0.417. The van der Waals surface area contributed by atoms with Crippen LogP contribution in [0.3, 0.4) is 0 Å². The highest BCUT2D eigenvalue weighted by atomic mass is 16.2. The molecule has 0 saturated heterocycles. The third-order valence-corrected chi connectivity index (χ3v) is 17.6. The summed E-state index contributed by atoms with van der Waals surface area (Å²) in [6.07, 6.45) is 23.6. The van der Waals surface area contributed by atoms with Gasteiger partial charge in [0.05, 0.1) is 68.8 Å². The van der Waals surface area contributed by atoms with Crippen molar-refractivity contribution >= 4 is 99.0 Å². The molecule has 78 heavy (non-hydrogen) atoms. The van der Waals surface area contributed by atoms with Crippen LogP contribution in [0.2, 0.25) is 0 Å². The quantitative estimate of drug-likeness (QED) is 0.0223. The number of carbonyl (C=O) groups is 4. The van der Waals surface area contributed by atoms with Crippen molar-refractivity contribution in [2.45, 2.75) is 194 Å². The number of rotatable bonds is 26. The second kappa shape index (κ2) is 23.1. The molecule has 2 aliphatic heterocycles. The number of unbranched alkanes of at least 4 members (excludes halogenated alkanes) is 16. The summed E-state index contributed by atoms with van der Waals surface area (Å²) in [7, 11) is 0. The summed E-state index contributed by atoms with van der Waals surface area (Å²) in [5.41, 5.74) is 2.04. The molecule has 0 spiro atoms. The van der Waals surface area contributed by atoms with E-state index in [9.17, 15) is 21.0 Å². The Kier molecular flexibility index (Phi) is 15.9. The van der Waals surface area contributed by atoms with E-state index in [1.165, 1.54) is 9.80 Å². The third-order valence-electron chi connectivity index (χ3n) is 17.6. The number of benzene rings is 8. The number of nitriles is 4. The fourth-order valence-corrected chi connectivity index (χ4v) is 13.9. The molecule has 0 aliphatic carbocycles. The van der Waals surface area contributed by atoms with Crippen LogP contribution in [-0.2, 0) is 0 Å². The Hall–Kier alpha value is -7.66. The molecule has 4 amide bonds. The Balaban J connectivity index is 1.17. The number of hydrogen-bond acceptors (Lipinski definition) is 8. The lowest BCUT2D eigenvalue weighted by atomic mass is 9.77. The monoisotopic (exact) mass is 1030 g/mol. The SMILES string of the molecule is CCCCCCCC(CCCCCCC)N1C(=O)c2cc(C#N)c3c4ccc5c6c(C#N)cc7c8c(cc(C#N)c(c9ccc(c%10c(C#N)cc(c2c3%10)C1=O)c4c59)c86)C(=O)N(C(CCCCCCC)CCCCCCC)C7=O. The maximum atomic E-state index is 15.1. The van der Waals surface area contributed by atoms with Gasteiger partial charge in [-0.05, 0) is 82.3 Å².